The molecule has 18 heavy (non-hydrogen) atoms. The van der Waals surface area contributed by atoms with E-state index < -0.39 is 12.6 Å². The SMILES string of the molecule is COC(=O)c1ccc(CCCCl)cc1OC(F)F. The minimum absolute atomic E-state index is 0.0209. The van der Waals surface area contributed by atoms with Crippen LogP contribution in [0.25, 0.3) is 0 Å². The van der Waals surface area contributed by atoms with Gasteiger partial charge in [-0.3, -0.25) is 0 Å². The summed E-state index contributed by atoms with van der Waals surface area (Å²) in [6.45, 7) is -2.99. The number of methoxy groups -OCH3 is 1. The summed E-state index contributed by atoms with van der Waals surface area (Å²) < 4.78 is 33.3. The zero-order valence-corrected chi connectivity index (χ0v) is 10.5. The standard InChI is InChI=1S/C12H13ClF2O3/c1-17-11(16)9-5-4-8(3-2-6-13)7-10(9)18-12(14)15/h4-5,7,12H,2-3,6H2,1H3. The maximum absolute atomic E-state index is 12.3. The fraction of sp³-hybridized carbons (Fsp3) is 0.417. The van der Waals surface area contributed by atoms with E-state index in [9.17, 15) is 13.6 Å². The lowest BCUT2D eigenvalue weighted by Crippen LogP contribution is -2.09. The van der Waals surface area contributed by atoms with E-state index in [1.54, 1.807) is 6.07 Å². The van der Waals surface area contributed by atoms with E-state index in [1.807, 2.05) is 0 Å². The molecular formula is C12H13ClF2O3. The molecule has 0 heterocycles. The van der Waals surface area contributed by atoms with E-state index >= 15 is 0 Å². The number of benzene rings is 1. The third-order valence-electron chi connectivity index (χ3n) is 2.27. The second-order valence-corrected chi connectivity index (χ2v) is 3.87. The summed E-state index contributed by atoms with van der Waals surface area (Å²) in [5.74, 6) is -0.414. The maximum atomic E-state index is 12.3. The van der Waals surface area contributed by atoms with E-state index in [4.69, 9.17) is 11.6 Å². The van der Waals surface area contributed by atoms with Gasteiger partial charge in [0.15, 0.2) is 0 Å². The summed E-state index contributed by atoms with van der Waals surface area (Å²) in [7, 11) is 1.18. The summed E-state index contributed by atoms with van der Waals surface area (Å²) >= 11 is 5.55. The van der Waals surface area contributed by atoms with E-state index in [0.29, 0.717) is 18.7 Å². The van der Waals surface area contributed by atoms with Gasteiger partial charge in [-0.25, -0.2) is 4.79 Å². The van der Waals surface area contributed by atoms with Crippen LogP contribution in [0.5, 0.6) is 5.75 Å². The number of ether oxygens (including phenoxy) is 2. The molecule has 1 aromatic carbocycles. The molecule has 0 radical (unpaired) electrons. The molecule has 6 heteroatoms. The van der Waals surface area contributed by atoms with Crippen molar-refractivity contribution < 1.29 is 23.0 Å². The maximum Gasteiger partial charge on any atom is 0.387 e. The molecule has 0 fully saturated rings. The molecular weight excluding hydrogens is 266 g/mol. The van der Waals surface area contributed by atoms with Crippen molar-refractivity contribution in [1.29, 1.82) is 0 Å². The Morgan fingerprint density at radius 2 is 2.17 bits per heavy atom. The molecule has 0 saturated heterocycles. The first-order valence-corrected chi connectivity index (χ1v) is 5.84. The molecule has 0 saturated carbocycles. The van der Waals surface area contributed by atoms with Crippen LogP contribution in [-0.4, -0.2) is 25.6 Å². The van der Waals surface area contributed by atoms with Crippen molar-refractivity contribution in [1.82, 2.24) is 0 Å². The van der Waals surface area contributed by atoms with Crippen molar-refractivity contribution in [2.24, 2.45) is 0 Å². The van der Waals surface area contributed by atoms with Gasteiger partial charge in [0.25, 0.3) is 0 Å². The monoisotopic (exact) mass is 278 g/mol. The molecule has 0 atom stereocenters. The molecule has 0 spiro atoms. The van der Waals surface area contributed by atoms with Gasteiger partial charge in [-0.15, -0.1) is 11.6 Å². The molecule has 0 N–H and O–H groups in total. The van der Waals surface area contributed by atoms with Gasteiger partial charge in [0, 0.05) is 5.88 Å². The van der Waals surface area contributed by atoms with Gasteiger partial charge in [0.05, 0.1) is 7.11 Å². The van der Waals surface area contributed by atoms with Crippen LogP contribution in [0, 0.1) is 0 Å². The Morgan fingerprint density at radius 3 is 2.72 bits per heavy atom. The largest absolute Gasteiger partial charge is 0.465 e. The predicted molar refractivity (Wildman–Crippen MR) is 63.5 cm³/mol. The lowest BCUT2D eigenvalue weighted by molar-refractivity contribution is -0.0504. The van der Waals surface area contributed by atoms with E-state index in [0.717, 1.165) is 5.56 Å². The summed E-state index contributed by atoms with van der Waals surface area (Å²) in [6.07, 6.45) is 1.35. The topological polar surface area (TPSA) is 35.5 Å². The van der Waals surface area contributed by atoms with Gasteiger partial charge >= 0.3 is 12.6 Å². The Hall–Kier alpha value is -1.36. The molecule has 100 valence electrons. The van der Waals surface area contributed by atoms with Crippen molar-refractivity contribution in [3.05, 3.63) is 29.3 Å². The Kier molecular flexibility index (Phi) is 5.85. The second-order valence-electron chi connectivity index (χ2n) is 3.49. The summed E-state index contributed by atoms with van der Waals surface area (Å²) in [4.78, 5) is 11.4. The van der Waals surface area contributed by atoms with E-state index in [-0.39, 0.29) is 11.3 Å². The molecule has 1 aromatic rings. The molecule has 0 aliphatic rings. The van der Waals surface area contributed by atoms with Crippen LogP contribution in [-0.2, 0) is 11.2 Å². The van der Waals surface area contributed by atoms with Crippen molar-refractivity contribution in [2.75, 3.05) is 13.0 Å². The molecule has 0 aromatic heterocycles. The highest BCUT2D eigenvalue weighted by molar-refractivity contribution is 6.17. The third-order valence-corrected chi connectivity index (χ3v) is 2.53. The number of carbonyl (C=O) groups is 1. The first-order valence-electron chi connectivity index (χ1n) is 5.30. The average Bonchev–Trinajstić information content (AvgIpc) is 2.35. The average molecular weight is 279 g/mol. The van der Waals surface area contributed by atoms with Gasteiger partial charge in [-0.05, 0) is 30.5 Å². The summed E-state index contributed by atoms with van der Waals surface area (Å²) in [5.41, 5.74) is 0.756. The highest BCUT2D eigenvalue weighted by Crippen LogP contribution is 2.24. The van der Waals surface area contributed by atoms with Crippen molar-refractivity contribution in [3.63, 3.8) is 0 Å². The van der Waals surface area contributed by atoms with Crippen LogP contribution in [0.3, 0.4) is 0 Å². The third kappa shape index (κ3) is 4.14. The number of aryl methyl sites for hydroxylation is 1. The van der Waals surface area contributed by atoms with Crippen molar-refractivity contribution in [2.45, 2.75) is 19.5 Å². The van der Waals surface area contributed by atoms with E-state index in [1.165, 1.54) is 19.2 Å². The number of carbonyl (C=O) groups excluding carboxylic acids is 1. The second kappa shape index (κ2) is 7.16. The van der Waals surface area contributed by atoms with Gasteiger partial charge in [0.2, 0.25) is 0 Å². The number of esters is 1. The minimum Gasteiger partial charge on any atom is -0.465 e. The Bertz CT molecular complexity index is 410. The number of hydrogen-bond donors (Lipinski definition) is 0. The van der Waals surface area contributed by atoms with Gasteiger partial charge in [-0.1, -0.05) is 6.07 Å². The molecule has 0 aliphatic carbocycles. The summed E-state index contributed by atoms with van der Waals surface area (Å²) in [5, 5.41) is 0. The Balaban J connectivity index is 3.00. The lowest BCUT2D eigenvalue weighted by atomic mass is 10.1. The van der Waals surface area contributed by atoms with Gasteiger partial charge < -0.3 is 9.47 Å². The Morgan fingerprint density at radius 1 is 1.44 bits per heavy atom. The van der Waals surface area contributed by atoms with Crippen molar-refractivity contribution >= 4 is 17.6 Å². The van der Waals surface area contributed by atoms with Crippen LogP contribution in [0.1, 0.15) is 22.3 Å². The molecule has 1 rings (SSSR count). The predicted octanol–water partition coefficient (Wildman–Crippen LogP) is 3.25. The highest BCUT2D eigenvalue weighted by atomic mass is 35.5. The smallest absolute Gasteiger partial charge is 0.387 e. The summed E-state index contributed by atoms with van der Waals surface area (Å²) in [6, 6.07) is 4.48. The number of halogens is 3. The van der Waals surface area contributed by atoms with Crippen LogP contribution in [0.15, 0.2) is 18.2 Å². The van der Waals surface area contributed by atoms with Crippen molar-refractivity contribution in [3.8, 4) is 5.75 Å². The zero-order valence-electron chi connectivity index (χ0n) is 9.79. The van der Waals surface area contributed by atoms with E-state index in [2.05, 4.69) is 9.47 Å². The number of alkyl halides is 3. The van der Waals surface area contributed by atoms with Crippen LogP contribution in [0.2, 0.25) is 0 Å². The Labute approximate surface area is 109 Å². The fourth-order valence-corrected chi connectivity index (χ4v) is 1.60. The highest BCUT2D eigenvalue weighted by Gasteiger charge is 2.16. The molecule has 0 bridgehead atoms. The molecule has 0 amide bonds. The van der Waals surface area contributed by atoms with Crippen LogP contribution in [0.4, 0.5) is 8.78 Å². The minimum atomic E-state index is -2.99. The zero-order chi connectivity index (χ0) is 13.5. The quantitative estimate of drug-likeness (QED) is 0.592. The lowest BCUT2D eigenvalue weighted by Gasteiger charge is -2.11. The first-order chi connectivity index (χ1) is 8.58. The molecule has 0 aliphatic heterocycles. The van der Waals surface area contributed by atoms with Crippen LogP contribution < -0.4 is 4.74 Å². The normalized spacial score (nSPS) is 10.5. The molecule has 3 nitrogen and oxygen atoms in total. The van der Waals surface area contributed by atoms with Gasteiger partial charge in [-0.2, -0.15) is 8.78 Å². The first kappa shape index (κ1) is 14.7. The number of rotatable bonds is 6. The van der Waals surface area contributed by atoms with Crippen LogP contribution >= 0.6 is 11.6 Å². The molecule has 0 unspecified atom stereocenters. The van der Waals surface area contributed by atoms with Gasteiger partial charge in [0.1, 0.15) is 11.3 Å². The fourth-order valence-electron chi connectivity index (χ4n) is 1.47. The number of hydrogen-bond acceptors (Lipinski definition) is 3.